The van der Waals surface area contributed by atoms with E-state index in [1.165, 1.54) is 16.0 Å². The van der Waals surface area contributed by atoms with Crippen LogP contribution in [0.15, 0.2) is 52.5 Å². The molecule has 3 heteroatoms. The first-order chi connectivity index (χ1) is 9.29. The molecular weight excluding hydrogens is 252 g/mol. The van der Waals surface area contributed by atoms with E-state index in [9.17, 15) is 0 Å². The molecule has 0 aliphatic carbocycles. The second-order valence-corrected chi connectivity index (χ2v) is 5.62. The van der Waals surface area contributed by atoms with Crippen molar-refractivity contribution in [1.29, 1.82) is 0 Å². The van der Waals surface area contributed by atoms with Gasteiger partial charge in [0.1, 0.15) is 5.03 Å². The molecule has 0 aliphatic heterocycles. The van der Waals surface area contributed by atoms with Gasteiger partial charge in [-0.25, -0.2) is 4.98 Å². The molecule has 0 saturated carbocycles. The van der Waals surface area contributed by atoms with Crippen molar-refractivity contribution in [1.82, 2.24) is 10.3 Å². The Balaban J connectivity index is 2.03. The number of aryl methyl sites for hydroxylation is 1. The number of nitrogens with one attached hydrogen (secondary N) is 1. The minimum atomic E-state index is 0.901. The molecule has 2 nitrogen and oxygen atoms in total. The zero-order valence-electron chi connectivity index (χ0n) is 11.5. The maximum absolute atomic E-state index is 4.58. The molecule has 0 aliphatic rings. The summed E-state index contributed by atoms with van der Waals surface area (Å²) in [5, 5.41) is 4.49. The van der Waals surface area contributed by atoms with Crippen LogP contribution in [0.1, 0.15) is 24.5 Å². The molecular formula is C16H20N2S. The Kier molecular flexibility index (Phi) is 5.43. The number of aromatic nitrogens is 1. The number of rotatable bonds is 6. The van der Waals surface area contributed by atoms with Crippen LogP contribution < -0.4 is 5.32 Å². The summed E-state index contributed by atoms with van der Waals surface area (Å²) in [6.45, 7) is 6.26. The Labute approximate surface area is 119 Å². The molecule has 0 radical (unpaired) electrons. The Bertz CT molecular complexity index is 511. The van der Waals surface area contributed by atoms with Crippen LogP contribution in [0.25, 0.3) is 0 Å². The van der Waals surface area contributed by atoms with Crippen molar-refractivity contribution in [3.63, 3.8) is 0 Å². The normalized spacial score (nSPS) is 10.6. The number of hydrogen-bond acceptors (Lipinski definition) is 3. The van der Waals surface area contributed by atoms with Gasteiger partial charge in [0.2, 0.25) is 0 Å². The molecule has 0 spiro atoms. The van der Waals surface area contributed by atoms with Crippen LogP contribution in [-0.4, -0.2) is 11.5 Å². The quantitative estimate of drug-likeness (QED) is 0.803. The second-order valence-electron chi connectivity index (χ2n) is 4.56. The first kappa shape index (κ1) is 14.1. The lowest BCUT2D eigenvalue weighted by molar-refractivity contribution is 0.672. The van der Waals surface area contributed by atoms with Gasteiger partial charge in [-0.1, -0.05) is 43.0 Å². The first-order valence-corrected chi connectivity index (χ1v) is 7.50. The summed E-state index contributed by atoms with van der Waals surface area (Å²) >= 11 is 1.72. The maximum Gasteiger partial charge on any atom is 0.104 e. The average molecular weight is 272 g/mol. The van der Waals surface area contributed by atoms with E-state index in [0.717, 1.165) is 24.5 Å². The molecule has 2 rings (SSSR count). The highest BCUT2D eigenvalue weighted by atomic mass is 32.2. The van der Waals surface area contributed by atoms with Crippen LogP contribution in [0.5, 0.6) is 0 Å². The fourth-order valence-corrected chi connectivity index (χ4v) is 2.68. The molecule has 1 aromatic heterocycles. The van der Waals surface area contributed by atoms with Crippen molar-refractivity contribution < 1.29 is 0 Å². The zero-order valence-corrected chi connectivity index (χ0v) is 12.3. The highest BCUT2D eigenvalue weighted by Gasteiger charge is 2.04. The SMILES string of the molecule is CCCNCc1cnc(Sc2ccccc2)c(C)c1. The summed E-state index contributed by atoms with van der Waals surface area (Å²) in [5.74, 6) is 0. The van der Waals surface area contributed by atoms with E-state index in [1.54, 1.807) is 11.8 Å². The fourth-order valence-electron chi connectivity index (χ4n) is 1.83. The van der Waals surface area contributed by atoms with Gasteiger partial charge in [0.05, 0.1) is 0 Å². The van der Waals surface area contributed by atoms with Gasteiger partial charge in [0.15, 0.2) is 0 Å². The summed E-state index contributed by atoms with van der Waals surface area (Å²) in [6.07, 6.45) is 3.13. The monoisotopic (exact) mass is 272 g/mol. The lowest BCUT2D eigenvalue weighted by Crippen LogP contribution is -2.14. The van der Waals surface area contributed by atoms with E-state index in [2.05, 4.69) is 54.5 Å². The molecule has 100 valence electrons. The predicted octanol–water partition coefficient (Wildman–Crippen LogP) is 4.04. The molecule has 1 aromatic carbocycles. The van der Waals surface area contributed by atoms with E-state index in [1.807, 2.05) is 12.3 Å². The molecule has 0 atom stereocenters. The summed E-state index contributed by atoms with van der Waals surface area (Å²) < 4.78 is 0. The van der Waals surface area contributed by atoms with Crippen molar-refractivity contribution in [2.45, 2.75) is 36.7 Å². The summed E-state index contributed by atoms with van der Waals surface area (Å²) in [4.78, 5) is 5.81. The van der Waals surface area contributed by atoms with E-state index in [4.69, 9.17) is 0 Å². The van der Waals surface area contributed by atoms with Gasteiger partial charge in [0, 0.05) is 17.6 Å². The Morgan fingerprint density at radius 2 is 2.00 bits per heavy atom. The van der Waals surface area contributed by atoms with Crippen LogP contribution in [0.4, 0.5) is 0 Å². The largest absolute Gasteiger partial charge is 0.313 e. The lowest BCUT2D eigenvalue weighted by atomic mass is 10.2. The van der Waals surface area contributed by atoms with Gasteiger partial charge in [-0.3, -0.25) is 0 Å². The Hall–Kier alpha value is -1.32. The smallest absolute Gasteiger partial charge is 0.104 e. The third kappa shape index (κ3) is 4.37. The van der Waals surface area contributed by atoms with Crippen LogP contribution in [0.3, 0.4) is 0 Å². The van der Waals surface area contributed by atoms with E-state index in [0.29, 0.717) is 0 Å². The standard InChI is InChI=1S/C16H20N2S/c1-3-9-17-11-14-10-13(2)16(18-12-14)19-15-7-5-4-6-8-15/h4-8,10,12,17H,3,9,11H2,1-2H3. The lowest BCUT2D eigenvalue weighted by Gasteiger charge is -2.08. The van der Waals surface area contributed by atoms with Crippen LogP contribution in [0.2, 0.25) is 0 Å². The summed E-state index contributed by atoms with van der Waals surface area (Å²) in [7, 11) is 0. The van der Waals surface area contributed by atoms with Crippen LogP contribution in [0, 0.1) is 6.92 Å². The third-order valence-electron chi connectivity index (χ3n) is 2.80. The van der Waals surface area contributed by atoms with Gasteiger partial charge in [-0.05, 0) is 43.1 Å². The van der Waals surface area contributed by atoms with Crippen LogP contribution in [-0.2, 0) is 6.54 Å². The highest BCUT2D eigenvalue weighted by molar-refractivity contribution is 7.99. The molecule has 0 amide bonds. The predicted molar refractivity (Wildman–Crippen MR) is 81.5 cm³/mol. The Morgan fingerprint density at radius 1 is 1.21 bits per heavy atom. The van der Waals surface area contributed by atoms with E-state index in [-0.39, 0.29) is 0 Å². The fraction of sp³-hybridized carbons (Fsp3) is 0.312. The van der Waals surface area contributed by atoms with Crippen molar-refractivity contribution in [3.05, 3.63) is 53.7 Å². The molecule has 0 bridgehead atoms. The molecule has 0 saturated heterocycles. The third-order valence-corrected chi connectivity index (χ3v) is 3.93. The van der Waals surface area contributed by atoms with E-state index >= 15 is 0 Å². The van der Waals surface area contributed by atoms with Gasteiger partial charge < -0.3 is 5.32 Å². The molecule has 1 N–H and O–H groups in total. The summed E-state index contributed by atoms with van der Waals surface area (Å²) in [6, 6.07) is 12.6. The molecule has 2 aromatic rings. The molecule has 0 fully saturated rings. The number of pyridine rings is 1. The highest BCUT2D eigenvalue weighted by Crippen LogP contribution is 2.28. The van der Waals surface area contributed by atoms with Crippen molar-refractivity contribution in [3.8, 4) is 0 Å². The van der Waals surface area contributed by atoms with Crippen molar-refractivity contribution in [2.75, 3.05) is 6.54 Å². The van der Waals surface area contributed by atoms with Gasteiger partial charge in [-0.15, -0.1) is 0 Å². The second kappa shape index (κ2) is 7.31. The number of benzene rings is 1. The van der Waals surface area contributed by atoms with Crippen LogP contribution >= 0.6 is 11.8 Å². The minimum absolute atomic E-state index is 0.901. The first-order valence-electron chi connectivity index (χ1n) is 6.68. The topological polar surface area (TPSA) is 24.9 Å². The molecule has 0 unspecified atom stereocenters. The number of nitrogens with zero attached hydrogens (tertiary/aromatic N) is 1. The van der Waals surface area contributed by atoms with Gasteiger partial charge in [-0.2, -0.15) is 0 Å². The van der Waals surface area contributed by atoms with Gasteiger partial charge in [0.25, 0.3) is 0 Å². The number of hydrogen-bond donors (Lipinski definition) is 1. The van der Waals surface area contributed by atoms with Crippen molar-refractivity contribution >= 4 is 11.8 Å². The average Bonchev–Trinajstić information content (AvgIpc) is 2.43. The minimum Gasteiger partial charge on any atom is -0.313 e. The molecule has 1 heterocycles. The molecule has 19 heavy (non-hydrogen) atoms. The van der Waals surface area contributed by atoms with E-state index < -0.39 is 0 Å². The summed E-state index contributed by atoms with van der Waals surface area (Å²) in [5.41, 5.74) is 2.49. The van der Waals surface area contributed by atoms with Crippen molar-refractivity contribution in [2.24, 2.45) is 0 Å². The van der Waals surface area contributed by atoms with Gasteiger partial charge >= 0.3 is 0 Å². The zero-order chi connectivity index (χ0) is 13.5. The Morgan fingerprint density at radius 3 is 2.68 bits per heavy atom. The maximum atomic E-state index is 4.58.